The lowest BCUT2D eigenvalue weighted by atomic mass is 9.98. The molecule has 0 aliphatic heterocycles. The van der Waals surface area contributed by atoms with Crippen molar-refractivity contribution in [3.8, 4) is 17.0 Å². The fourth-order valence-corrected chi connectivity index (χ4v) is 3.00. The predicted octanol–water partition coefficient (Wildman–Crippen LogP) is 4.88. The Hall–Kier alpha value is -2.59. The van der Waals surface area contributed by atoms with Crippen molar-refractivity contribution in [2.45, 2.75) is 13.8 Å². The summed E-state index contributed by atoms with van der Waals surface area (Å²) in [6.07, 6.45) is 0. The number of fused-ring (bicyclic) bond motifs is 1. The van der Waals surface area contributed by atoms with Gasteiger partial charge in [-0.25, -0.2) is 9.78 Å². The zero-order valence-electron chi connectivity index (χ0n) is 13.6. The second-order valence-corrected chi connectivity index (χ2v) is 6.06. The predicted molar refractivity (Wildman–Crippen MR) is 95.2 cm³/mol. The molecule has 4 nitrogen and oxygen atoms in total. The SMILES string of the molecule is COc1ccc(Cl)cc1-c1cc(C(=O)O)c2c(C)ccc(C)c2n1. The number of benzene rings is 2. The number of aromatic carboxylic acids is 1. The zero-order valence-corrected chi connectivity index (χ0v) is 14.3. The van der Waals surface area contributed by atoms with Crippen molar-refractivity contribution in [1.29, 1.82) is 0 Å². The molecular weight excluding hydrogens is 326 g/mol. The van der Waals surface area contributed by atoms with Gasteiger partial charge in [0.05, 0.1) is 23.9 Å². The number of carbonyl (C=O) groups is 1. The molecule has 24 heavy (non-hydrogen) atoms. The number of aromatic nitrogens is 1. The minimum atomic E-state index is -0.988. The Morgan fingerprint density at radius 1 is 1.12 bits per heavy atom. The second-order valence-electron chi connectivity index (χ2n) is 5.63. The molecule has 1 N–H and O–H groups in total. The average molecular weight is 342 g/mol. The Labute approximate surface area is 144 Å². The first-order valence-electron chi connectivity index (χ1n) is 7.40. The maximum atomic E-state index is 11.8. The molecule has 0 amide bonds. The van der Waals surface area contributed by atoms with Gasteiger partial charge in [-0.1, -0.05) is 23.7 Å². The molecule has 3 rings (SSSR count). The normalized spacial score (nSPS) is 10.8. The van der Waals surface area contributed by atoms with Crippen LogP contribution in [-0.2, 0) is 0 Å². The van der Waals surface area contributed by atoms with Crippen molar-refractivity contribution in [3.05, 3.63) is 58.1 Å². The molecule has 122 valence electrons. The number of hydrogen-bond donors (Lipinski definition) is 1. The van der Waals surface area contributed by atoms with Crippen LogP contribution >= 0.6 is 11.6 Å². The van der Waals surface area contributed by atoms with Crippen molar-refractivity contribution in [2.24, 2.45) is 0 Å². The number of carboxylic acid groups (broad SMARTS) is 1. The van der Waals surface area contributed by atoms with E-state index in [9.17, 15) is 9.90 Å². The number of rotatable bonds is 3. The van der Waals surface area contributed by atoms with Gasteiger partial charge in [0.15, 0.2) is 0 Å². The van der Waals surface area contributed by atoms with Gasteiger partial charge in [0.25, 0.3) is 0 Å². The van der Waals surface area contributed by atoms with Crippen LogP contribution in [0.15, 0.2) is 36.4 Å². The zero-order chi connectivity index (χ0) is 17.4. The molecule has 0 fully saturated rings. The van der Waals surface area contributed by atoms with Crippen LogP contribution in [-0.4, -0.2) is 23.2 Å². The summed E-state index contributed by atoms with van der Waals surface area (Å²) in [4.78, 5) is 16.5. The van der Waals surface area contributed by atoms with Gasteiger partial charge in [-0.05, 0) is 49.2 Å². The van der Waals surface area contributed by atoms with Crippen LogP contribution in [0.25, 0.3) is 22.2 Å². The number of hydrogen-bond acceptors (Lipinski definition) is 3. The van der Waals surface area contributed by atoms with Crippen LogP contribution < -0.4 is 4.74 Å². The minimum absolute atomic E-state index is 0.221. The minimum Gasteiger partial charge on any atom is -0.496 e. The number of ether oxygens (including phenoxy) is 1. The van der Waals surface area contributed by atoms with Gasteiger partial charge in [0.1, 0.15) is 5.75 Å². The Morgan fingerprint density at radius 2 is 1.83 bits per heavy atom. The molecule has 5 heteroatoms. The fraction of sp³-hybridized carbons (Fsp3) is 0.158. The van der Waals surface area contributed by atoms with Crippen LogP contribution in [0.1, 0.15) is 21.5 Å². The number of pyridine rings is 1. The lowest BCUT2D eigenvalue weighted by molar-refractivity contribution is 0.0699. The molecule has 0 spiro atoms. The second kappa shape index (κ2) is 6.13. The summed E-state index contributed by atoms with van der Waals surface area (Å²) in [6, 6.07) is 10.6. The quantitative estimate of drug-likeness (QED) is 0.737. The summed E-state index contributed by atoms with van der Waals surface area (Å²) in [5.74, 6) is -0.397. The van der Waals surface area contributed by atoms with E-state index in [2.05, 4.69) is 0 Å². The van der Waals surface area contributed by atoms with Crippen molar-refractivity contribution < 1.29 is 14.6 Å². The molecule has 0 saturated carbocycles. The molecule has 0 bridgehead atoms. The monoisotopic (exact) mass is 341 g/mol. The van der Waals surface area contributed by atoms with E-state index >= 15 is 0 Å². The molecule has 2 aromatic carbocycles. The third-order valence-corrected chi connectivity index (χ3v) is 4.27. The summed E-state index contributed by atoms with van der Waals surface area (Å²) in [6.45, 7) is 3.80. The Kier molecular flexibility index (Phi) is 4.16. The highest BCUT2D eigenvalue weighted by molar-refractivity contribution is 6.31. The van der Waals surface area contributed by atoms with E-state index < -0.39 is 5.97 Å². The lowest BCUT2D eigenvalue weighted by Gasteiger charge is -2.13. The number of methoxy groups -OCH3 is 1. The molecule has 0 unspecified atom stereocenters. The Morgan fingerprint density at radius 3 is 2.50 bits per heavy atom. The summed E-state index contributed by atoms with van der Waals surface area (Å²) in [5.41, 5.74) is 3.87. The Bertz CT molecular complexity index is 966. The van der Waals surface area contributed by atoms with Crippen LogP contribution in [0.2, 0.25) is 5.02 Å². The van der Waals surface area contributed by atoms with Gasteiger partial charge in [0.2, 0.25) is 0 Å². The van der Waals surface area contributed by atoms with Crippen LogP contribution in [0.3, 0.4) is 0 Å². The first-order valence-corrected chi connectivity index (χ1v) is 7.78. The van der Waals surface area contributed by atoms with E-state index in [1.165, 1.54) is 0 Å². The Balaban J connectivity index is 2.41. The molecular formula is C19H16ClNO3. The third-order valence-electron chi connectivity index (χ3n) is 4.04. The smallest absolute Gasteiger partial charge is 0.336 e. The molecule has 0 radical (unpaired) electrons. The standard InChI is InChI=1S/C19H16ClNO3/c1-10-4-5-11(2)18-17(10)14(19(22)23)9-15(21-18)13-8-12(20)6-7-16(13)24-3/h4-9H,1-3H3,(H,22,23). The average Bonchev–Trinajstić information content (AvgIpc) is 2.57. The highest BCUT2D eigenvalue weighted by Gasteiger charge is 2.18. The molecule has 0 atom stereocenters. The molecule has 0 aliphatic rings. The lowest BCUT2D eigenvalue weighted by Crippen LogP contribution is -2.03. The van der Waals surface area contributed by atoms with Crippen LogP contribution in [0.5, 0.6) is 5.75 Å². The topological polar surface area (TPSA) is 59.4 Å². The maximum Gasteiger partial charge on any atom is 0.336 e. The summed E-state index contributed by atoms with van der Waals surface area (Å²) in [5, 5.41) is 10.9. The molecule has 0 aliphatic carbocycles. The number of halogens is 1. The summed E-state index contributed by atoms with van der Waals surface area (Å²) >= 11 is 6.10. The maximum absolute atomic E-state index is 11.8. The first-order chi connectivity index (χ1) is 11.4. The van der Waals surface area contributed by atoms with E-state index in [-0.39, 0.29) is 5.56 Å². The van der Waals surface area contributed by atoms with Crippen molar-refractivity contribution in [3.63, 3.8) is 0 Å². The number of carboxylic acids is 1. The van der Waals surface area contributed by atoms with Gasteiger partial charge in [-0.15, -0.1) is 0 Å². The van der Waals surface area contributed by atoms with Gasteiger partial charge in [-0.3, -0.25) is 0 Å². The van der Waals surface area contributed by atoms with Crippen molar-refractivity contribution in [1.82, 2.24) is 4.98 Å². The van der Waals surface area contributed by atoms with Gasteiger partial charge in [0, 0.05) is 16.0 Å². The van der Waals surface area contributed by atoms with E-state index in [1.807, 2.05) is 26.0 Å². The highest BCUT2D eigenvalue weighted by Crippen LogP contribution is 2.35. The summed E-state index contributed by atoms with van der Waals surface area (Å²) < 4.78 is 5.38. The molecule has 0 saturated heterocycles. The van der Waals surface area contributed by atoms with Crippen LogP contribution in [0, 0.1) is 13.8 Å². The van der Waals surface area contributed by atoms with E-state index in [4.69, 9.17) is 21.3 Å². The highest BCUT2D eigenvalue weighted by atomic mass is 35.5. The molecule has 1 aromatic heterocycles. The van der Waals surface area contributed by atoms with Crippen LogP contribution in [0.4, 0.5) is 0 Å². The molecule has 1 heterocycles. The van der Waals surface area contributed by atoms with Crippen molar-refractivity contribution in [2.75, 3.05) is 7.11 Å². The number of aryl methyl sites for hydroxylation is 2. The number of nitrogens with zero attached hydrogens (tertiary/aromatic N) is 1. The van der Waals surface area contributed by atoms with Gasteiger partial charge >= 0.3 is 5.97 Å². The van der Waals surface area contributed by atoms with Gasteiger partial charge in [-0.2, -0.15) is 0 Å². The van der Waals surface area contributed by atoms with Gasteiger partial charge < -0.3 is 9.84 Å². The third kappa shape index (κ3) is 2.69. The fourth-order valence-electron chi connectivity index (χ4n) is 2.83. The first kappa shape index (κ1) is 16.3. The van der Waals surface area contributed by atoms with E-state index in [1.54, 1.807) is 31.4 Å². The van der Waals surface area contributed by atoms with Crippen molar-refractivity contribution >= 4 is 28.5 Å². The summed E-state index contributed by atoms with van der Waals surface area (Å²) in [7, 11) is 1.56. The van der Waals surface area contributed by atoms with E-state index in [0.29, 0.717) is 32.9 Å². The van der Waals surface area contributed by atoms with E-state index in [0.717, 1.165) is 11.1 Å². The molecule has 3 aromatic rings. The largest absolute Gasteiger partial charge is 0.496 e.